The van der Waals surface area contributed by atoms with E-state index < -0.39 is 23.4 Å². The highest BCUT2D eigenvalue weighted by Crippen LogP contribution is 2.32. The van der Waals surface area contributed by atoms with Crippen LogP contribution in [0, 0.1) is 0 Å². The zero-order chi connectivity index (χ0) is 21.9. The second-order valence-corrected chi connectivity index (χ2v) is 8.38. The molecule has 0 saturated carbocycles. The maximum atomic E-state index is 13.0. The number of hydrogen-bond acceptors (Lipinski definition) is 3. The Kier molecular flexibility index (Phi) is 6.68. The number of urea groups is 1. The van der Waals surface area contributed by atoms with E-state index in [1.54, 1.807) is 19.1 Å². The number of halogens is 2. The standard InChI is InChI=1S/C22H23Cl2N3O3/c1-14(8-9-15-6-4-3-5-7-15)25-19(28)13-27-20(29)22(2,26-21(27)30)16-10-11-17(23)18(24)12-16/h3-7,10-12,14H,8-9,13H2,1-2H3,(H,25,28)(H,26,30)/t14-,22-/m0/s1. The monoisotopic (exact) mass is 447 g/mol. The molecule has 1 aliphatic rings. The third kappa shape index (κ3) is 4.77. The summed E-state index contributed by atoms with van der Waals surface area (Å²) in [5.41, 5.74) is 0.365. The van der Waals surface area contributed by atoms with Gasteiger partial charge in [-0.3, -0.25) is 14.5 Å². The maximum absolute atomic E-state index is 13.0. The second-order valence-electron chi connectivity index (χ2n) is 7.57. The number of benzene rings is 2. The van der Waals surface area contributed by atoms with Gasteiger partial charge in [0.2, 0.25) is 5.91 Å². The van der Waals surface area contributed by atoms with Crippen LogP contribution in [0.5, 0.6) is 0 Å². The maximum Gasteiger partial charge on any atom is 0.325 e. The van der Waals surface area contributed by atoms with Crippen molar-refractivity contribution in [3.05, 3.63) is 69.7 Å². The quantitative estimate of drug-likeness (QED) is 0.631. The van der Waals surface area contributed by atoms with Crippen LogP contribution in [-0.2, 0) is 21.5 Å². The molecule has 158 valence electrons. The van der Waals surface area contributed by atoms with Crippen LogP contribution < -0.4 is 10.6 Å². The molecule has 1 aliphatic heterocycles. The Morgan fingerprint density at radius 3 is 2.50 bits per heavy atom. The van der Waals surface area contributed by atoms with Gasteiger partial charge in [0.25, 0.3) is 5.91 Å². The molecule has 8 heteroatoms. The summed E-state index contributed by atoms with van der Waals surface area (Å²) in [5.74, 6) is -0.907. The van der Waals surface area contributed by atoms with Gasteiger partial charge in [0.1, 0.15) is 12.1 Å². The van der Waals surface area contributed by atoms with Crippen molar-refractivity contribution >= 4 is 41.0 Å². The van der Waals surface area contributed by atoms with E-state index in [0.717, 1.165) is 17.7 Å². The number of carbonyl (C=O) groups excluding carboxylic acids is 3. The lowest BCUT2D eigenvalue weighted by Gasteiger charge is -2.23. The molecule has 1 fully saturated rings. The van der Waals surface area contributed by atoms with E-state index in [1.165, 1.54) is 11.6 Å². The van der Waals surface area contributed by atoms with Gasteiger partial charge in [0.05, 0.1) is 10.0 Å². The lowest BCUT2D eigenvalue weighted by atomic mass is 9.92. The number of hydrogen-bond donors (Lipinski definition) is 2. The van der Waals surface area contributed by atoms with Gasteiger partial charge >= 0.3 is 6.03 Å². The van der Waals surface area contributed by atoms with Crippen LogP contribution in [0.4, 0.5) is 4.79 Å². The second kappa shape index (κ2) is 9.06. The minimum absolute atomic E-state index is 0.0973. The van der Waals surface area contributed by atoms with E-state index in [1.807, 2.05) is 37.3 Å². The van der Waals surface area contributed by atoms with E-state index in [4.69, 9.17) is 23.2 Å². The SMILES string of the molecule is C[C@@H](CCc1ccccc1)NC(=O)CN1C(=O)N[C@@](C)(c2ccc(Cl)c(Cl)c2)C1=O. The number of imide groups is 1. The normalized spacial score (nSPS) is 19.5. The predicted molar refractivity (Wildman–Crippen MR) is 116 cm³/mol. The van der Waals surface area contributed by atoms with E-state index in [2.05, 4.69) is 10.6 Å². The molecule has 1 saturated heterocycles. The van der Waals surface area contributed by atoms with Gasteiger partial charge < -0.3 is 10.6 Å². The first-order valence-electron chi connectivity index (χ1n) is 9.63. The molecule has 2 aromatic carbocycles. The van der Waals surface area contributed by atoms with Crippen LogP contribution in [0.2, 0.25) is 10.0 Å². The van der Waals surface area contributed by atoms with Crippen LogP contribution in [0.25, 0.3) is 0 Å². The zero-order valence-corrected chi connectivity index (χ0v) is 18.3. The molecular formula is C22H23Cl2N3O3. The van der Waals surface area contributed by atoms with Crippen LogP contribution in [0.15, 0.2) is 48.5 Å². The summed E-state index contributed by atoms with van der Waals surface area (Å²) in [6.07, 6.45) is 1.57. The van der Waals surface area contributed by atoms with Crippen molar-refractivity contribution in [2.24, 2.45) is 0 Å². The number of rotatable bonds is 7. The number of amides is 4. The minimum Gasteiger partial charge on any atom is -0.352 e. The number of aryl methyl sites for hydroxylation is 1. The average Bonchev–Trinajstić information content (AvgIpc) is 2.93. The molecular weight excluding hydrogens is 425 g/mol. The lowest BCUT2D eigenvalue weighted by molar-refractivity contribution is -0.135. The molecule has 0 bridgehead atoms. The topological polar surface area (TPSA) is 78.5 Å². The van der Waals surface area contributed by atoms with Gasteiger partial charge in [0.15, 0.2) is 0 Å². The number of carbonyl (C=O) groups is 3. The van der Waals surface area contributed by atoms with Crippen molar-refractivity contribution in [3.63, 3.8) is 0 Å². The third-order valence-corrected chi connectivity index (χ3v) is 5.93. The first-order chi connectivity index (χ1) is 14.2. The molecule has 0 radical (unpaired) electrons. The van der Waals surface area contributed by atoms with Gasteiger partial charge in [0, 0.05) is 6.04 Å². The van der Waals surface area contributed by atoms with Gasteiger partial charge in [-0.05, 0) is 49.9 Å². The predicted octanol–water partition coefficient (Wildman–Crippen LogP) is 3.90. The molecule has 1 heterocycles. The largest absolute Gasteiger partial charge is 0.352 e. The molecule has 2 atom stereocenters. The van der Waals surface area contributed by atoms with Crippen molar-refractivity contribution in [3.8, 4) is 0 Å². The Balaban J connectivity index is 1.60. The number of nitrogens with zero attached hydrogens (tertiary/aromatic N) is 1. The van der Waals surface area contributed by atoms with Gasteiger partial charge in [-0.25, -0.2) is 4.79 Å². The Morgan fingerprint density at radius 1 is 1.13 bits per heavy atom. The van der Waals surface area contributed by atoms with Gasteiger partial charge in [-0.2, -0.15) is 0 Å². The van der Waals surface area contributed by atoms with Crippen molar-refractivity contribution in [1.29, 1.82) is 0 Å². The van der Waals surface area contributed by atoms with Crippen LogP contribution in [-0.4, -0.2) is 35.3 Å². The van der Waals surface area contributed by atoms with Crippen molar-refractivity contribution < 1.29 is 14.4 Å². The summed E-state index contributed by atoms with van der Waals surface area (Å²) in [6.45, 7) is 3.12. The summed E-state index contributed by atoms with van der Waals surface area (Å²) in [4.78, 5) is 38.7. The fourth-order valence-electron chi connectivity index (χ4n) is 3.41. The van der Waals surface area contributed by atoms with Gasteiger partial charge in [-0.15, -0.1) is 0 Å². The summed E-state index contributed by atoms with van der Waals surface area (Å²) in [7, 11) is 0. The first-order valence-corrected chi connectivity index (χ1v) is 10.4. The highest BCUT2D eigenvalue weighted by Gasteiger charge is 2.49. The molecule has 0 unspecified atom stereocenters. The Labute approximate surface area is 185 Å². The van der Waals surface area contributed by atoms with Crippen LogP contribution >= 0.6 is 23.2 Å². The minimum atomic E-state index is -1.31. The van der Waals surface area contributed by atoms with Crippen LogP contribution in [0.1, 0.15) is 31.4 Å². The van der Waals surface area contributed by atoms with E-state index in [0.29, 0.717) is 10.6 Å². The fraction of sp³-hybridized carbons (Fsp3) is 0.318. The Morgan fingerprint density at radius 2 is 1.83 bits per heavy atom. The zero-order valence-electron chi connectivity index (χ0n) is 16.7. The molecule has 6 nitrogen and oxygen atoms in total. The molecule has 30 heavy (non-hydrogen) atoms. The lowest BCUT2D eigenvalue weighted by Crippen LogP contribution is -2.45. The third-order valence-electron chi connectivity index (χ3n) is 5.19. The molecule has 4 amide bonds. The van der Waals surface area contributed by atoms with E-state index in [-0.39, 0.29) is 17.6 Å². The summed E-state index contributed by atoms with van der Waals surface area (Å²) in [6, 6.07) is 14.0. The van der Waals surface area contributed by atoms with Crippen LogP contribution in [0.3, 0.4) is 0 Å². The highest BCUT2D eigenvalue weighted by atomic mass is 35.5. The van der Waals surface area contributed by atoms with Crippen molar-refractivity contribution in [2.45, 2.75) is 38.3 Å². The molecule has 2 N–H and O–H groups in total. The molecule has 3 rings (SSSR count). The molecule has 0 aliphatic carbocycles. The molecule has 0 spiro atoms. The van der Waals surface area contributed by atoms with Gasteiger partial charge in [-0.1, -0.05) is 59.6 Å². The summed E-state index contributed by atoms with van der Waals surface area (Å²) < 4.78 is 0. The summed E-state index contributed by atoms with van der Waals surface area (Å²) >= 11 is 12.0. The van der Waals surface area contributed by atoms with E-state index >= 15 is 0 Å². The van der Waals surface area contributed by atoms with E-state index in [9.17, 15) is 14.4 Å². The highest BCUT2D eigenvalue weighted by molar-refractivity contribution is 6.42. The average molecular weight is 448 g/mol. The number of nitrogens with one attached hydrogen (secondary N) is 2. The smallest absolute Gasteiger partial charge is 0.325 e. The van der Waals surface area contributed by atoms with Crippen molar-refractivity contribution in [1.82, 2.24) is 15.5 Å². The fourth-order valence-corrected chi connectivity index (χ4v) is 3.71. The molecule has 2 aromatic rings. The Hall–Kier alpha value is -2.57. The Bertz CT molecular complexity index is 967. The van der Waals surface area contributed by atoms with Crippen molar-refractivity contribution in [2.75, 3.05) is 6.54 Å². The first kappa shape index (κ1) is 22.1. The summed E-state index contributed by atoms with van der Waals surface area (Å²) in [5, 5.41) is 6.13. The molecule has 0 aromatic heterocycles.